The second kappa shape index (κ2) is 4.19. The third-order valence-electron chi connectivity index (χ3n) is 3.95. The summed E-state index contributed by atoms with van der Waals surface area (Å²) in [5.74, 6) is 0. The fourth-order valence-electron chi connectivity index (χ4n) is 3.06. The van der Waals surface area contributed by atoms with Crippen LogP contribution in [0, 0.1) is 0 Å². The van der Waals surface area contributed by atoms with Crippen LogP contribution in [-0.4, -0.2) is 51.2 Å². The average Bonchev–Trinajstić information content (AvgIpc) is 3.05. The molecule has 4 saturated heterocycles. The predicted octanol–water partition coefficient (Wildman–Crippen LogP) is 0.283. The van der Waals surface area contributed by atoms with Gasteiger partial charge in [0.1, 0.15) is 24.4 Å². The summed E-state index contributed by atoms with van der Waals surface area (Å²) in [5.41, 5.74) is 0. The van der Waals surface area contributed by atoms with Crippen molar-refractivity contribution in [2.24, 2.45) is 0 Å². The van der Waals surface area contributed by atoms with Gasteiger partial charge in [-0.2, -0.15) is 0 Å². The summed E-state index contributed by atoms with van der Waals surface area (Å²) in [6.45, 7) is 4.04. The Hall–Kier alpha value is -0.110. The SMILES string of the molecule is CCB1OC2OC3C4OB(CC)OC4OC3C2O1. The molecule has 0 aromatic carbocycles. The van der Waals surface area contributed by atoms with Crippen molar-refractivity contribution in [3.8, 4) is 0 Å². The van der Waals surface area contributed by atoms with Gasteiger partial charge in [0.05, 0.1) is 0 Å². The molecule has 0 bridgehead atoms. The molecule has 0 radical (unpaired) electrons. The van der Waals surface area contributed by atoms with E-state index in [0.717, 1.165) is 12.6 Å². The van der Waals surface area contributed by atoms with Crippen LogP contribution in [0.5, 0.6) is 0 Å². The summed E-state index contributed by atoms with van der Waals surface area (Å²) in [7, 11) is -0.370. The molecule has 4 heterocycles. The first-order chi connectivity index (χ1) is 8.80. The van der Waals surface area contributed by atoms with Gasteiger partial charge in [-0.15, -0.1) is 0 Å². The maximum atomic E-state index is 5.87. The highest BCUT2D eigenvalue weighted by molar-refractivity contribution is 6.45. The molecule has 6 unspecified atom stereocenters. The normalized spacial score (nSPS) is 49.7. The van der Waals surface area contributed by atoms with Crippen molar-refractivity contribution >= 4 is 14.2 Å². The number of hydrogen-bond acceptors (Lipinski definition) is 6. The minimum atomic E-state index is -0.324. The fraction of sp³-hybridized carbons (Fsp3) is 1.00. The fourth-order valence-corrected chi connectivity index (χ4v) is 3.06. The van der Waals surface area contributed by atoms with Gasteiger partial charge in [0.2, 0.25) is 0 Å². The molecule has 6 nitrogen and oxygen atoms in total. The van der Waals surface area contributed by atoms with Gasteiger partial charge in [0.15, 0.2) is 12.6 Å². The van der Waals surface area contributed by atoms with E-state index in [1.54, 1.807) is 0 Å². The number of fused-ring (bicyclic) bond motifs is 5. The van der Waals surface area contributed by atoms with Crippen molar-refractivity contribution in [3.05, 3.63) is 0 Å². The highest BCUT2D eigenvalue weighted by Gasteiger charge is 2.64. The first-order valence-electron chi connectivity index (χ1n) is 6.73. The molecule has 4 rings (SSSR count). The Balaban J connectivity index is 1.48. The lowest BCUT2D eigenvalue weighted by atomic mass is 9.86. The second-order valence-corrected chi connectivity index (χ2v) is 5.09. The molecule has 0 spiro atoms. The number of rotatable bonds is 2. The average molecular weight is 254 g/mol. The zero-order valence-corrected chi connectivity index (χ0v) is 10.5. The van der Waals surface area contributed by atoms with Crippen molar-refractivity contribution in [1.82, 2.24) is 0 Å². The Morgan fingerprint density at radius 3 is 1.50 bits per heavy atom. The van der Waals surface area contributed by atoms with E-state index in [1.807, 2.05) is 13.8 Å². The molecule has 0 amide bonds. The molecular formula is C10H16B2O6. The molecule has 8 heteroatoms. The van der Waals surface area contributed by atoms with Gasteiger partial charge in [-0.3, -0.25) is 0 Å². The summed E-state index contributed by atoms with van der Waals surface area (Å²) in [6.07, 6.45) is 0.386. The summed E-state index contributed by atoms with van der Waals surface area (Å²) in [4.78, 5) is 0. The summed E-state index contributed by atoms with van der Waals surface area (Å²) in [6, 6.07) is 0. The molecule has 98 valence electrons. The van der Waals surface area contributed by atoms with Gasteiger partial charge >= 0.3 is 14.2 Å². The highest BCUT2D eigenvalue weighted by atomic mass is 16.8. The van der Waals surface area contributed by atoms with Gasteiger partial charge in [-0.25, -0.2) is 0 Å². The lowest BCUT2D eigenvalue weighted by Crippen LogP contribution is -2.35. The van der Waals surface area contributed by atoms with Crippen molar-refractivity contribution in [2.75, 3.05) is 0 Å². The van der Waals surface area contributed by atoms with Crippen LogP contribution in [0.1, 0.15) is 13.8 Å². The van der Waals surface area contributed by atoms with Crippen molar-refractivity contribution < 1.29 is 28.1 Å². The molecule has 0 aliphatic carbocycles. The lowest BCUT2D eigenvalue weighted by molar-refractivity contribution is -0.121. The Kier molecular flexibility index (Phi) is 2.72. The van der Waals surface area contributed by atoms with Gasteiger partial charge in [0.25, 0.3) is 0 Å². The summed E-state index contributed by atoms with van der Waals surface area (Å²) in [5, 5.41) is 0. The maximum Gasteiger partial charge on any atom is 0.458 e. The standard InChI is InChI=1S/C10H16B2O6/c1-3-11-15-7-5-6(13-9(7)17-11)8-10(14-5)18-12(4-2)16-8/h5-10H,3-4H2,1-2H3. The van der Waals surface area contributed by atoms with Crippen molar-refractivity contribution in [2.45, 2.75) is 63.5 Å². The quantitative estimate of drug-likeness (QED) is 0.660. The van der Waals surface area contributed by atoms with Crippen LogP contribution in [-0.2, 0) is 28.1 Å². The van der Waals surface area contributed by atoms with E-state index in [1.165, 1.54) is 0 Å². The van der Waals surface area contributed by atoms with Crippen LogP contribution >= 0.6 is 0 Å². The molecule has 0 N–H and O–H groups in total. The first kappa shape index (κ1) is 11.7. The summed E-state index contributed by atoms with van der Waals surface area (Å²) < 4.78 is 34.6. The van der Waals surface area contributed by atoms with E-state index in [4.69, 9.17) is 28.1 Å². The molecular weight excluding hydrogens is 238 g/mol. The van der Waals surface area contributed by atoms with E-state index >= 15 is 0 Å². The van der Waals surface area contributed by atoms with Gasteiger partial charge < -0.3 is 28.1 Å². The van der Waals surface area contributed by atoms with E-state index in [0.29, 0.717) is 0 Å². The van der Waals surface area contributed by atoms with Gasteiger partial charge in [-0.05, 0) is 12.6 Å². The van der Waals surface area contributed by atoms with E-state index < -0.39 is 0 Å². The van der Waals surface area contributed by atoms with Gasteiger partial charge in [0, 0.05) is 0 Å². The molecule has 4 aliphatic rings. The third kappa shape index (κ3) is 1.54. The van der Waals surface area contributed by atoms with Crippen LogP contribution < -0.4 is 0 Å². The molecule has 6 atom stereocenters. The largest absolute Gasteiger partial charge is 0.458 e. The Morgan fingerprint density at radius 1 is 0.667 bits per heavy atom. The van der Waals surface area contributed by atoms with E-state index in [-0.39, 0.29) is 51.2 Å². The van der Waals surface area contributed by atoms with Gasteiger partial charge in [-0.1, -0.05) is 13.8 Å². The van der Waals surface area contributed by atoms with Crippen molar-refractivity contribution in [1.29, 1.82) is 0 Å². The third-order valence-corrected chi connectivity index (χ3v) is 3.95. The minimum absolute atomic E-state index is 0.139. The van der Waals surface area contributed by atoms with E-state index in [9.17, 15) is 0 Å². The predicted molar refractivity (Wildman–Crippen MR) is 61.7 cm³/mol. The van der Waals surface area contributed by atoms with Crippen LogP contribution in [0.3, 0.4) is 0 Å². The molecule has 0 aromatic heterocycles. The van der Waals surface area contributed by atoms with Crippen molar-refractivity contribution in [3.63, 3.8) is 0 Å². The number of hydrogen-bond donors (Lipinski definition) is 0. The summed E-state index contributed by atoms with van der Waals surface area (Å²) >= 11 is 0. The number of ether oxygens (including phenoxy) is 2. The second-order valence-electron chi connectivity index (χ2n) is 5.09. The monoisotopic (exact) mass is 254 g/mol. The smallest absolute Gasteiger partial charge is 0.400 e. The molecule has 0 aromatic rings. The zero-order chi connectivity index (χ0) is 12.3. The zero-order valence-electron chi connectivity index (χ0n) is 10.5. The minimum Gasteiger partial charge on any atom is -0.400 e. The van der Waals surface area contributed by atoms with Crippen LogP contribution in [0.15, 0.2) is 0 Å². The van der Waals surface area contributed by atoms with E-state index in [2.05, 4.69) is 0 Å². The Labute approximate surface area is 106 Å². The van der Waals surface area contributed by atoms with Crippen LogP contribution in [0.2, 0.25) is 12.6 Å². The topological polar surface area (TPSA) is 55.4 Å². The molecule has 4 fully saturated rings. The first-order valence-corrected chi connectivity index (χ1v) is 6.73. The maximum absolute atomic E-state index is 5.87. The molecule has 0 saturated carbocycles. The lowest BCUT2D eigenvalue weighted by Gasteiger charge is -2.17. The highest BCUT2D eigenvalue weighted by Crippen LogP contribution is 2.44. The van der Waals surface area contributed by atoms with Crippen LogP contribution in [0.4, 0.5) is 0 Å². The molecule has 18 heavy (non-hydrogen) atoms. The Bertz CT molecular complexity index is 312. The molecule has 4 aliphatic heterocycles. The van der Waals surface area contributed by atoms with Crippen LogP contribution in [0.25, 0.3) is 0 Å². The Morgan fingerprint density at radius 2 is 1.11 bits per heavy atom.